The summed E-state index contributed by atoms with van der Waals surface area (Å²) >= 11 is 0. The van der Waals surface area contributed by atoms with Crippen LogP contribution in [0.25, 0.3) is 0 Å². The van der Waals surface area contributed by atoms with Crippen LogP contribution in [0.15, 0.2) is 24.3 Å². The van der Waals surface area contributed by atoms with Gasteiger partial charge in [0.25, 0.3) is 0 Å². The Morgan fingerprint density at radius 2 is 2.00 bits per heavy atom. The van der Waals surface area contributed by atoms with Gasteiger partial charge in [-0.3, -0.25) is 4.79 Å². The van der Waals surface area contributed by atoms with E-state index in [9.17, 15) is 15.0 Å². The van der Waals surface area contributed by atoms with Crippen LogP contribution in [0.1, 0.15) is 28.9 Å². The van der Waals surface area contributed by atoms with E-state index in [0.29, 0.717) is 11.1 Å². The third-order valence-electron chi connectivity index (χ3n) is 2.71. The van der Waals surface area contributed by atoms with Crippen molar-refractivity contribution in [1.29, 1.82) is 0 Å². The molecule has 2 N–H and O–H groups in total. The standard InChI is InChI=1S/C11H12O3/c1-6(12)9-10(13)7-4-2-3-5-8(7)11(9)14/h2-6,9-10,12-13H,1H3. The summed E-state index contributed by atoms with van der Waals surface area (Å²) in [6.45, 7) is 1.53. The van der Waals surface area contributed by atoms with E-state index in [1.165, 1.54) is 6.92 Å². The minimum Gasteiger partial charge on any atom is -0.393 e. The fraction of sp³-hybridized carbons (Fsp3) is 0.364. The second-order valence-electron chi connectivity index (χ2n) is 3.66. The number of aliphatic hydroxyl groups excluding tert-OH is 2. The number of rotatable bonds is 1. The number of carbonyl (C=O) groups excluding carboxylic acids is 1. The Bertz CT molecular complexity index is 371. The van der Waals surface area contributed by atoms with Crippen molar-refractivity contribution in [3.63, 3.8) is 0 Å². The maximum atomic E-state index is 11.7. The van der Waals surface area contributed by atoms with Gasteiger partial charge < -0.3 is 10.2 Å². The van der Waals surface area contributed by atoms with Crippen LogP contribution in [0.5, 0.6) is 0 Å². The fourth-order valence-electron chi connectivity index (χ4n) is 1.98. The zero-order chi connectivity index (χ0) is 10.3. The lowest BCUT2D eigenvalue weighted by molar-refractivity contribution is 0.0306. The lowest BCUT2D eigenvalue weighted by Crippen LogP contribution is -2.25. The number of benzene rings is 1. The van der Waals surface area contributed by atoms with E-state index < -0.39 is 18.1 Å². The predicted octanol–water partition coefficient (Wildman–Crippen LogP) is 0.913. The first-order chi connectivity index (χ1) is 6.63. The number of hydrogen-bond donors (Lipinski definition) is 2. The van der Waals surface area contributed by atoms with Crippen LogP contribution in [0, 0.1) is 5.92 Å². The number of fused-ring (bicyclic) bond motifs is 1. The molecule has 14 heavy (non-hydrogen) atoms. The molecule has 0 saturated heterocycles. The first kappa shape index (κ1) is 9.37. The van der Waals surface area contributed by atoms with Gasteiger partial charge in [0, 0.05) is 5.56 Å². The molecule has 0 amide bonds. The number of ketones is 1. The molecule has 3 heteroatoms. The lowest BCUT2D eigenvalue weighted by Gasteiger charge is -2.15. The highest BCUT2D eigenvalue weighted by atomic mass is 16.3. The molecule has 0 aromatic heterocycles. The third kappa shape index (κ3) is 1.17. The highest BCUT2D eigenvalue weighted by Crippen LogP contribution is 2.37. The van der Waals surface area contributed by atoms with Gasteiger partial charge in [0.05, 0.1) is 18.1 Å². The Balaban J connectivity index is 2.48. The highest BCUT2D eigenvalue weighted by molar-refractivity contribution is 6.03. The maximum absolute atomic E-state index is 11.7. The first-order valence-corrected chi connectivity index (χ1v) is 4.62. The molecule has 1 aliphatic carbocycles. The fourth-order valence-corrected chi connectivity index (χ4v) is 1.98. The summed E-state index contributed by atoms with van der Waals surface area (Å²) in [4.78, 5) is 11.7. The van der Waals surface area contributed by atoms with Crippen LogP contribution in [0.3, 0.4) is 0 Å². The van der Waals surface area contributed by atoms with Gasteiger partial charge in [-0.25, -0.2) is 0 Å². The lowest BCUT2D eigenvalue weighted by atomic mass is 9.97. The van der Waals surface area contributed by atoms with E-state index in [0.717, 1.165) is 0 Å². The van der Waals surface area contributed by atoms with Crippen LogP contribution in [-0.4, -0.2) is 22.1 Å². The average Bonchev–Trinajstić information content (AvgIpc) is 2.41. The Morgan fingerprint density at radius 1 is 1.36 bits per heavy atom. The molecular weight excluding hydrogens is 180 g/mol. The second kappa shape index (κ2) is 3.19. The Morgan fingerprint density at radius 3 is 2.57 bits per heavy atom. The summed E-state index contributed by atoms with van der Waals surface area (Å²) in [5.74, 6) is -0.865. The van der Waals surface area contributed by atoms with Crippen LogP contribution in [0.4, 0.5) is 0 Å². The molecule has 0 saturated carbocycles. The van der Waals surface area contributed by atoms with Gasteiger partial charge in [-0.2, -0.15) is 0 Å². The van der Waals surface area contributed by atoms with Gasteiger partial charge >= 0.3 is 0 Å². The molecule has 0 spiro atoms. The van der Waals surface area contributed by atoms with E-state index in [-0.39, 0.29) is 5.78 Å². The van der Waals surface area contributed by atoms with E-state index in [1.807, 2.05) is 0 Å². The van der Waals surface area contributed by atoms with Crippen LogP contribution >= 0.6 is 0 Å². The van der Waals surface area contributed by atoms with E-state index in [4.69, 9.17) is 0 Å². The molecule has 1 aromatic carbocycles. The smallest absolute Gasteiger partial charge is 0.171 e. The van der Waals surface area contributed by atoms with Gasteiger partial charge in [-0.1, -0.05) is 24.3 Å². The van der Waals surface area contributed by atoms with Crippen molar-refractivity contribution in [2.75, 3.05) is 0 Å². The number of hydrogen-bond acceptors (Lipinski definition) is 3. The van der Waals surface area contributed by atoms with Crippen LogP contribution < -0.4 is 0 Å². The SMILES string of the molecule is CC(O)C1C(=O)c2ccccc2C1O. The van der Waals surface area contributed by atoms with Crippen molar-refractivity contribution in [3.05, 3.63) is 35.4 Å². The largest absolute Gasteiger partial charge is 0.393 e. The monoisotopic (exact) mass is 192 g/mol. The zero-order valence-electron chi connectivity index (χ0n) is 7.84. The first-order valence-electron chi connectivity index (χ1n) is 4.62. The molecule has 0 heterocycles. The van der Waals surface area contributed by atoms with Crippen molar-refractivity contribution >= 4 is 5.78 Å². The minimum atomic E-state index is -0.862. The number of Topliss-reactive ketones (excluding diaryl/α,β-unsaturated/α-hetero) is 1. The summed E-state index contributed by atoms with van der Waals surface area (Å²) in [6.07, 6.45) is -1.68. The Labute approximate surface area is 82.0 Å². The molecule has 2 rings (SSSR count). The van der Waals surface area contributed by atoms with Gasteiger partial charge in [-0.05, 0) is 12.5 Å². The average molecular weight is 192 g/mol. The molecule has 3 atom stereocenters. The highest BCUT2D eigenvalue weighted by Gasteiger charge is 2.40. The quantitative estimate of drug-likeness (QED) is 0.695. The van der Waals surface area contributed by atoms with Gasteiger partial charge in [0.2, 0.25) is 0 Å². The summed E-state index contributed by atoms with van der Waals surface area (Å²) < 4.78 is 0. The van der Waals surface area contributed by atoms with Crippen molar-refractivity contribution in [2.24, 2.45) is 5.92 Å². The summed E-state index contributed by atoms with van der Waals surface area (Å²) in [6, 6.07) is 6.94. The minimum absolute atomic E-state index is 0.164. The summed E-state index contributed by atoms with van der Waals surface area (Å²) in [5, 5.41) is 19.2. The van der Waals surface area contributed by atoms with Crippen LogP contribution in [0.2, 0.25) is 0 Å². The molecule has 1 aliphatic rings. The van der Waals surface area contributed by atoms with Gasteiger partial charge in [-0.15, -0.1) is 0 Å². The molecule has 0 fully saturated rings. The maximum Gasteiger partial charge on any atom is 0.171 e. The van der Waals surface area contributed by atoms with E-state index in [1.54, 1.807) is 24.3 Å². The van der Waals surface area contributed by atoms with Gasteiger partial charge in [0.1, 0.15) is 0 Å². The molecular formula is C11H12O3. The molecule has 0 aliphatic heterocycles. The molecule has 3 unspecified atom stereocenters. The van der Waals surface area contributed by atoms with Crippen molar-refractivity contribution in [2.45, 2.75) is 19.1 Å². The van der Waals surface area contributed by atoms with Crippen LogP contribution in [-0.2, 0) is 0 Å². The Kier molecular flexibility index (Phi) is 2.13. The topological polar surface area (TPSA) is 57.5 Å². The van der Waals surface area contributed by atoms with E-state index >= 15 is 0 Å². The molecule has 74 valence electrons. The van der Waals surface area contributed by atoms with Crippen molar-refractivity contribution < 1.29 is 15.0 Å². The Hall–Kier alpha value is -1.19. The van der Waals surface area contributed by atoms with Gasteiger partial charge in [0.15, 0.2) is 5.78 Å². The van der Waals surface area contributed by atoms with E-state index in [2.05, 4.69) is 0 Å². The number of aliphatic hydroxyl groups is 2. The third-order valence-corrected chi connectivity index (χ3v) is 2.71. The zero-order valence-corrected chi connectivity index (χ0v) is 7.84. The van der Waals surface area contributed by atoms with Crippen molar-refractivity contribution in [3.8, 4) is 0 Å². The molecule has 1 aromatic rings. The molecule has 0 bridgehead atoms. The summed E-state index contributed by atoms with van der Waals surface area (Å²) in [5.41, 5.74) is 1.16. The molecule has 3 nitrogen and oxygen atoms in total. The normalized spacial score (nSPS) is 27.5. The van der Waals surface area contributed by atoms with Crippen molar-refractivity contribution in [1.82, 2.24) is 0 Å². The second-order valence-corrected chi connectivity index (χ2v) is 3.66. The number of carbonyl (C=O) groups is 1. The summed E-state index contributed by atoms with van der Waals surface area (Å²) in [7, 11) is 0. The predicted molar refractivity (Wildman–Crippen MR) is 50.9 cm³/mol. The molecule has 0 radical (unpaired) electrons.